The van der Waals surface area contributed by atoms with Crippen LogP contribution in [0.15, 0.2) is 6.33 Å². The fraction of sp³-hybridized carbons (Fsp3) is 0.667. The van der Waals surface area contributed by atoms with Crippen LogP contribution in [-0.4, -0.2) is 44.5 Å². The minimum atomic E-state index is -2.40. The van der Waals surface area contributed by atoms with Crippen molar-refractivity contribution in [2.45, 2.75) is 44.3 Å². The quantitative estimate of drug-likeness (QED) is 0.846. The van der Waals surface area contributed by atoms with Gasteiger partial charge in [-0.1, -0.05) is 0 Å². The van der Waals surface area contributed by atoms with Crippen LogP contribution >= 0.6 is 11.6 Å². The summed E-state index contributed by atoms with van der Waals surface area (Å²) in [7, 11) is 0. The summed E-state index contributed by atoms with van der Waals surface area (Å²) in [6.45, 7) is 1.44. The monoisotopic (exact) mass is 338 g/mol. The molecule has 1 N–H and O–H groups in total. The first kappa shape index (κ1) is 11.2. The third-order valence-corrected chi connectivity index (χ3v) is 5.25. The Morgan fingerprint density at radius 3 is 3.00 bits per heavy atom. The van der Waals surface area contributed by atoms with Gasteiger partial charge in [-0.3, -0.25) is 0 Å². The zero-order valence-electron chi connectivity index (χ0n) is 15.7. The largest absolute Gasteiger partial charge is 0.371 e. The second kappa shape index (κ2) is 4.34. The minimum Gasteiger partial charge on any atom is -0.371 e. The number of nitrogens with one attached hydrogen (secondary N) is 1. The van der Waals surface area contributed by atoms with E-state index in [2.05, 4.69) is 20.3 Å². The second-order valence-electron chi connectivity index (χ2n) is 6.91. The fourth-order valence-corrected chi connectivity index (χ4v) is 4.39. The van der Waals surface area contributed by atoms with Gasteiger partial charge in [0.15, 0.2) is 22.8 Å². The summed E-state index contributed by atoms with van der Waals surface area (Å²) in [6.07, 6.45) is 2.72. The lowest BCUT2D eigenvalue weighted by atomic mass is 10.1. The molecule has 2 aromatic rings. The van der Waals surface area contributed by atoms with E-state index in [4.69, 9.17) is 25.2 Å². The average Bonchev–Trinajstić information content (AvgIpc) is 2.91. The number of nitrogens with zero attached hydrogens (tertiary/aromatic N) is 4. The number of halogens is 1. The van der Waals surface area contributed by atoms with Gasteiger partial charge in [0.2, 0.25) is 5.28 Å². The van der Waals surface area contributed by atoms with Crippen molar-refractivity contribution >= 4 is 28.6 Å². The summed E-state index contributed by atoms with van der Waals surface area (Å²) in [5.41, 5.74) is 0.880. The lowest BCUT2D eigenvalue weighted by Crippen LogP contribution is -2.30. The Balaban J connectivity index is 1.58. The topological polar surface area (TPSA) is 74.1 Å². The van der Waals surface area contributed by atoms with Crippen LogP contribution in [0.25, 0.3) is 11.2 Å². The van der Waals surface area contributed by atoms with Gasteiger partial charge in [-0.2, -0.15) is 9.97 Å². The summed E-state index contributed by atoms with van der Waals surface area (Å²) in [4.78, 5) is 12.7. The van der Waals surface area contributed by atoms with Gasteiger partial charge >= 0.3 is 0 Å². The molecular weight excluding hydrogens is 318 g/mol. The first-order chi connectivity index (χ1) is 12.1. The molecule has 3 aliphatic rings. The van der Waals surface area contributed by atoms with Crippen LogP contribution in [0.2, 0.25) is 5.28 Å². The normalized spacial score (nSPS) is 39.4. The lowest BCUT2D eigenvalue weighted by Gasteiger charge is -2.24. The average molecular weight is 339 g/mol. The Hall–Kier alpha value is -1.44. The predicted octanol–water partition coefficient (Wildman–Crippen LogP) is 2.23. The Morgan fingerprint density at radius 1 is 1.35 bits per heavy atom. The maximum absolute atomic E-state index is 7.42. The van der Waals surface area contributed by atoms with Gasteiger partial charge < -0.3 is 19.4 Å². The molecule has 0 aromatic carbocycles. The highest BCUT2D eigenvalue weighted by Gasteiger charge is 2.66. The molecule has 5 rings (SSSR count). The molecule has 0 bridgehead atoms. The van der Waals surface area contributed by atoms with E-state index in [-0.39, 0.29) is 29.4 Å². The molecule has 23 heavy (non-hydrogen) atoms. The highest BCUT2D eigenvalue weighted by Crippen LogP contribution is 2.63. The highest BCUT2D eigenvalue weighted by molar-refractivity contribution is 6.28. The van der Waals surface area contributed by atoms with Crippen molar-refractivity contribution in [3.63, 3.8) is 0 Å². The maximum Gasteiger partial charge on any atom is 0.226 e. The molecule has 3 heterocycles. The van der Waals surface area contributed by atoms with Crippen LogP contribution in [0.4, 0.5) is 5.82 Å². The summed E-state index contributed by atoms with van der Waals surface area (Å²) >= 11 is 6.05. The number of ether oxygens (including phenoxy) is 2. The number of aromatic nitrogens is 4. The van der Waals surface area contributed by atoms with Crippen molar-refractivity contribution in [3.8, 4) is 0 Å². The van der Waals surface area contributed by atoms with Gasteiger partial charge in [0.1, 0.15) is 6.10 Å². The van der Waals surface area contributed by atoms with Gasteiger partial charge in [0.05, 0.1) is 18.5 Å². The molecule has 0 spiro atoms. The maximum atomic E-state index is 7.42. The lowest BCUT2D eigenvalue weighted by molar-refractivity contribution is -0.156. The van der Waals surface area contributed by atoms with Crippen molar-refractivity contribution in [2.75, 3.05) is 12.3 Å². The van der Waals surface area contributed by atoms with Crippen LogP contribution < -0.4 is 5.32 Å². The predicted molar refractivity (Wildman–Crippen MR) is 84.3 cm³/mol. The number of imidazole rings is 1. The molecule has 7 nitrogen and oxygen atoms in total. The smallest absolute Gasteiger partial charge is 0.226 e. The summed E-state index contributed by atoms with van der Waals surface area (Å²) in [6, 6.07) is 0.0309. The fourth-order valence-electron chi connectivity index (χ4n) is 4.22. The molecule has 8 heteroatoms. The van der Waals surface area contributed by atoms with E-state index in [1.54, 1.807) is 6.33 Å². The number of hydrogen-bond donors (Lipinski definition) is 1. The third-order valence-electron chi connectivity index (χ3n) is 5.09. The van der Waals surface area contributed by atoms with E-state index in [9.17, 15) is 0 Å². The Labute approximate surface area is 142 Å². The van der Waals surface area contributed by atoms with E-state index in [1.165, 1.54) is 0 Å². The SMILES string of the molecule is [2H]C([2H])([2H])Nc1nc(Cl)nc2c1ncn2[C@@H]1[C@H]2C[C@H]2[C@H]2OC(C)(C)O[C@H]21. The Bertz CT molecular complexity index is 901. The molecule has 0 amide bonds. The molecule has 122 valence electrons. The Kier molecular flexibility index (Phi) is 2.11. The minimum absolute atomic E-state index is 0.0307. The standard InChI is InChI=1S/C15H18ClN5O2/c1-15(2)22-10-7-4-6(7)9(11(10)23-15)21-5-18-8-12(17-3)19-14(16)20-13(8)21/h5-7,9-11H,4H2,1-3H3,(H,17,19,20)/t6-,7+,9+,10+,11-/m0/s1/i3D3. The summed E-state index contributed by atoms with van der Waals surface area (Å²) in [5.74, 6) is 0.398. The van der Waals surface area contributed by atoms with Gasteiger partial charge in [0, 0.05) is 11.1 Å². The number of anilines is 1. The van der Waals surface area contributed by atoms with Crippen LogP contribution in [-0.2, 0) is 9.47 Å². The van der Waals surface area contributed by atoms with E-state index >= 15 is 0 Å². The highest BCUT2D eigenvalue weighted by atomic mass is 35.5. The third kappa shape index (κ3) is 1.87. The molecule has 1 saturated heterocycles. The van der Waals surface area contributed by atoms with Crippen LogP contribution in [0.5, 0.6) is 0 Å². The molecule has 2 saturated carbocycles. The van der Waals surface area contributed by atoms with E-state index < -0.39 is 12.8 Å². The Morgan fingerprint density at radius 2 is 2.17 bits per heavy atom. The van der Waals surface area contributed by atoms with Gasteiger partial charge in [-0.05, 0) is 43.7 Å². The van der Waals surface area contributed by atoms with E-state index in [0.717, 1.165) is 6.42 Å². The second-order valence-corrected chi connectivity index (χ2v) is 7.25. The number of hydrogen-bond acceptors (Lipinski definition) is 6. The molecule has 5 atom stereocenters. The van der Waals surface area contributed by atoms with Crippen LogP contribution in [0, 0.1) is 11.8 Å². The summed E-state index contributed by atoms with van der Waals surface area (Å²) < 4.78 is 36.4. The van der Waals surface area contributed by atoms with Crippen molar-refractivity contribution in [2.24, 2.45) is 11.8 Å². The van der Waals surface area contributed by atoms with Gasteiger partial charge in [0.25, 0.3) is 0 Å². The van der Waals surface area contributed by atoms with Crippen LogP contribution in [0.3, 0.4) is 0 Å². The number of rotatable bonds is 2. The van der Waals surface area contributed by atoms with Crippen molar-refractivity contribution in [1.29, 1.82) is 0 Å². The van der Waals surface area contributed by atoms with Crippen LogP contribution in [0.1, 0.15) is 30.4 Å². The van der Waals surface area contributed by atoms with Gasteiger partial charge in [-0.25, -0.2) is 4.98 Å². The number of fused-ring (bicyclic) bond motifs is 4. The first-order valence-corrected chi connectivity index (χ1v) is 8.05. The van der Waals surface area contributed by atoms with Crippen molar-refractivity contribution in [1.82, 2.24) is 19.5 Å². The molecule has 3 fully saturated rings. The van der Waals surface area contributed by atoms with Gasteiger partial charge in [-0.15, -0.1) is 0 Å². The van der Waals surface area contributed by atoms with Crippen molar-refractivity contribution in [3.05, 3.63) is 11.6 Å². The van der Waals surface area contributed by atoms with E-state index in [1.807, 2.05) is 18.4 Å². The first-order valence-electron chi connectivity index (χ1n) is 9.17. The molecule has 2 aliphatic carbocycles. The zero-order valence-corrected chi connectivity index (χ0v) is 13.4. The molecule has 0 unspecified atom stereocenters. The zero-order chi connectivity index (χ0) is 18.4. The molecule has 2 aromatic heterocycles. The van der Waals surface area contributed by atoms with E-state index in [0.29, 0.717) is 23.0 Å². The molecular formula is C15H18ClN5O2. The summed E-state index contributed by atoms with van der Waals surface area (Å²) in [5, 5.41) is 2.35. The van der Waals surface area contributed by atoms with Crippen molar-refractivity contribution < 1.29 is 13.6 Å². The molecule has 0 radical (unpaired) electrons. The molecule has 1 aliphatic heterocycles.